The number of nitrogens with two attached hydrogens (primary N) is 8. The number of urea groups is 2. The van der Waals surface area contributed by atoms with Crippen LogP contribution >= 0.6 is 21.6 Å². The monoisotopic (exact) mass is 2020 g/mol. The van der Waals surface area contributed by atoms with Crippen LogP contribution in [-0.4, -0.2) is 287 Å². The summed E-state index contributed by atoms with van der Waals surface area (Å²) in [6.45, 7) is -0.405. The average molecular weight is 2020 g/mol. The number of nitrogens with one attached hydrogen (secondary N) is 22. The van der Waals surface area contributed by atoms with Gasteiger partial charge in [0.15, 0.2) is 23.8 Å². The van der Waals surface area contributed by atoms with Crippen LogP contribution in [0.1, 0.15) is 145 Å². The van der Waals surface area contributed by atoms with E-state index in [1.54, 1.807) is 36.4 Å². The number of aliphatic carboxylic acids is 1. The number of carbonyl (C=O) groups is 17. The number of amides is 18. The van der Waals surface area contributed by atoms with Crippen LogP contribution in [0.25, 0.3) is 10.8 Å². The van der Waals surface area contributed by atoms with Gasteiger partial charge in [-0.1, -0.05) is 88.3 Å². The van der Waals surface area contributed by atoms with Crippen LogP contribution in [0.2, 0.25) is 0 Å². The minimum atomic E-state index is -1.91. The maximum absolute atomic E-state index is 16.0. The molecule has 778 valence electrons. The van der Waals surface area contributed by atoms with Crippen molar-refractivity contribution in [3.05, 3.63) is 108 Å². The smallest absolute Gasteiger partial charge is 0.312 e. The number of benzene rings is 4. The number of hydrogen-bond acceptors (Lipinski definition) is 26. The highest BCUT2D eigenvalue weighted by Crippen LogP contribution is 2.27. The SMILES string of the molecule is N=C(N)NCCCCC(=O)N[C@@H](CCCNC(=N)N)C(=O)N[C@@H](Cc1ccc2ccccc2c1)C(=O)N[C@H]1CSSC[C@@H](C(=O)N[C@@H](CCCNC(=N)N)C(N)=O)NC(=O)[C@H](CCCNC(N)=O)NC(=O)[C@H](CCCNC(=N)N)NC(=O)[C@H](Cc2ccc(O)cc2)NC(=O)[C@@H]2CCCN2C(=O)[C@@H](CCC(=O)O)NC(=O)[C@H](CCCCN)NC(=O)[C@H](CCCNC(N)=O)NC(=O)[C@H](Cc2ccc(O)cc2)NC1=O. The molecule has 142 heavy (non-hydrogen) atoms. The summed E-state index contributed by atoms with van der Waals surface area (Å²) in [7, 11) is 1.49. The summed E-state index contributed by atoms with van der Waals surface area (Å²) >= 11 is 0. The number of unbranched alkanes of at least 4 members (excludes halogenated alkanes) is 2. The summed E-state index contributed by atoms with van der Waals surface area (Å²) in [5.41, 5.74) is 46.0. The maximum atomic E-state index is 16.0. The number of fused-ring (bicyclic) bond motifs is 2. The van der Waals surface area contributed by atoms with Crippen LogP contribution in [0.4, 0.5) is 9.59 Å². The summed E-state index contributed by atoms with van der Waals surface area (Å²) in [5, 5.41) is 111. The number of hydrogen-bond donors (Lipinski definition) is 33. The molecule has 51 nitrogen and oxygen atoms in total. The Balaban J connectivity index is 1.61. The molecule has 41 N–H and O–H groups in total. The third-order valence-electron chi connectivity index (χ3n) is 22.7. The van der Waals surface area contributed by atoms with Crippen LogP contribution < -0.4 is 142 Å². The lowest BCUT2D eigenvalue weighted by molar-refractivity contribution is -0.143. The molecule has 18 amide bonds. The molecule has 2 fully saturated rings. The minimum absolute atomic E-state index is 0.00248. The Morgan fingerprint density at radius 1 is 0.423 bits per heavy atom. The van der Waals surface area contributed by atoms with Crippen molar-refractivity contribution in [2.45, 2.75) is 226 Å². The molecule has 4 aromatic rings. The first-order valence-electron chi connectivity index (χ1n) is 46.5. The predicted molar refractivity (Wildman–Crippen MR) is 528 cm³/mol. The lowest BCUT2D eigenvalue weighted by atomic mass is 10.00. The van der Waals surface area contributed by atoms with Gasteiger partial charge in [-0.25, -0.2) is 9.59 Å². The quantitative estimate of drug-likeness (QED) is 0.00848. The van der Waals surface area contributed by atoms with Gasteiger partial charge >= 0.3 is 18.0 Å². The first kappa shape index (κ1) is 116. The van der Waals surface area contributed by atoms with E-state index in [9.17, 15) is 39.3 Å². The largest absolute Gasteiger partial charge is 0.508 e. The second kappa shape index (κ2) is 61.5. The Morgan fingerprint density at radius 3 is 1.35 bits per heavy atom. The minimum Gasteiger partial charge on any atom is -0.508 e. The fourth-order valence-corrected chi connectivity index (χ4v) is 17.6. The molecule has 13 atom stereocenters. The van der Waals surface area contributed by atoms with Crippen molar-refractivity contribution >= 4 is 157 Å². The second-order valence-electron chi connectivity index (χ2n) is 33.9. The molecule has 53 heteroatoms. The topological polar surface area (TPSA) is 874 Å². The number of nitrogens with zero attached hydrogens (tertiary/aromatic N) is 1. The van der Waals surface area contributed by atoms with Gasteiger partial charge in [-0.05, 0) is 174 Å². The van der Waals surface area contributed by atoms with E-state index in [4.69, 9.17) is 67.5 Å². The number of carboxylic acid groups (broad SMARTS) is 1. The molecule has 2 aliphatic rings. The van der Waals surface area contributed by atoms with E-state index in [1.165, 1.54) is 48.5 Å². The van der Waals surface area contributed by atoms with Crippen LogP contribution in [0.3, 0.4) is 0 Å². The van der Waals surface area contributed by atoms with Crippen molar-refractivity contribution in [2.24, 2.45) is 45.9 Å². The van der Waals surface area contributed by atoms with E-state index in [0.29, 0.717) is 22.9 Å². The molecule has 2 saturated heterocycles. The number of aromatic hydroxyl groups is 2. The van der Waals surface area contributed by atoms with E-state index in [-0.39, 0.29) is 191 Å². The Morgan fingerprint density at radius 2 is 0.859 bits per heavy atom. The van der Waals surface area contributed by atoms with Crippen molar-refractivity contribution in [1.29, 1.82) is 21.6 Å². The van der Waals surface area contributed by atoms with Crippen LogP contribution in [0.15, 0.2) is 91.0 Å². The van der Waals surface area contributed by atoms with Crippen molar-refractivity contribution < 1.29 is 96.8 Å². The van der Waals surface area contributed by atoms with Gasteiger partial charge in [0.2, 0.25) is 82.7 Å². The van der Waals surface area contributed by atoms with E-state index < -0.39 is 234 Å². The first-order valence-corrected chi connectivity index (χ1v) is 49.0. The van der Waals surface area contributed by atoms with Crippen molar-refractivity contribution in [3.63, 3.8) is 0 Å². The molecule has 0 unspecified atom stereocenters. The molecule has 4 aromatic carbocycles. The number of carbonyl (C=O) groups excluding carboxylic acids is 16. The summed E-state index contributed by atoms with van der Waals surface area (Å²) in [6, 6.07) is -0.952. The molecule has 0 spiro atoms. The number of rotatable bonds is 46. The normalized spacial score (nSPS) is 20.0. The summed E-state index contributed by atoms with van der Waals surface area (Å²) in [4.78, 5) is 249. The molecule has 0 aliphatic carbocycles. The van der Waals surface area contributed by atoms with Crippen LogP contribution in [0, 0.1) is 21.6 Å². The average Bonchev–Trinajstić information content (AvgIpc) is 1.50. The number of primary amides is 3. The van der Waals surface area contributed by atoms with Gasteiger partial charge in [0.25, 0.3) is 0 Å². The Labute approximate surface area is 827 Å². The molecular weight excluding hydrogens is 1890 g/mol. The first-order chi connectivity index (χ1) is 67.7. The summed E-state index contributed by atoms with van der Waals surface area (Å²) < 4.78 is 0. The highest BCUT2D eigenvalue weighted by atomic mass is 33.1. The third-order valence-corrected chi connectivity index (χ3v) is 25.1. The van der Waals surface area contributed by atoms with Gasteiger partial charge in [-0.2, -0.15) is 0 Å². The fraction of sp³-hybridized carbons (Fsp3) is 0.517. The number of phenols is 2. The van der Waals surface area contributed by atoms with Crippen molar-refractivity contribution in [3.8, 4) is 11.5 Å². The van der Waals surface area contributed by atoms with Gasteiger partial charge in [-0.15, -0.1) is 0 Å². The molecule has 2 aliphatic heterocycles. The molecule has 6 rings (SSSR count). The Hall–Kier alpha value is -14.9. The standard InChI is InChI=1S/C89H135N31O20S2/c90-35-5-3-15-58-75(130)114-62(33-34-70(124)125)83(138)120-42-12-21-68(120)82(137)117-64(45-50-26-31-55(122)32-27-50)78(133)113-59(18-9-39-105-87(98)99)74(129)111-61(20-11-41-107-89(101)140)76(131)118-66(80(135)109-56(71(91)126)16-7-37-103-85(94)95)47-141-142-48-67(81(136)116-63(44-49-24-29-54(121)30-25-49)77(132)112-60(73(128)110-58)19-10-40-106-88(100)139)119-79(134)65(46-51-23-28-52-13-1-2-14-53(52)43-51)115-72(127)57(17-8-38-104-86(96)97)108-69(123)22-4-6-36-102-84(92)93/h1-2,13-14,23-32,43,56-68,121-122H,3-12,15-22,33-42,44-48,90H2,(H2,91,126)(H,108,123)(H,109,135)(H,110,128)(H,111,129)(H,112,132)(H,113,133)(H,114,130)(H,115,127)(H,116,136)(H,117,137)(H,118,131)(H,119,134)(H,124,125)(H4,92,93,102)(H4,94,95,103)(H4,96,97,104)(H4,98,99,105)(H3,100,106,139)(H3,101,107,140)/t56-,57-,58-,59-,60-,61-,62+,63-,64-,65-,66-,67-,68-/m0/s1. The van der Waals surface area contributed by atoms with Gasteiger partial charge in [0.05, 0.1) is 0 Å². The second-order valence-corrected chi connectivity index (χ2v) is 36.5. The van der Waals surface area contributed by atoms with Gasteiger partial charge in [0, 0.05) is 89.4 Å². The van der Waals surface area contributed by atoms with E-state index in [1.807, 2.05) is 6.07 Å². The Kier molecular flexibility index (Phi) is 50.1. The molecule has 0 saturated carbocycles. The van der Waals surface area contributed by atoms with E-state index in [0.717, 1.165) is 31.9 Å². The van der Waals surface area contributed by atoms with Crippen LogP contribution in [-0.2, 0) is 91.2 Å². The maximum Gasteiger partial charge on any atom is 0.312 e. The zero-order chi connectivity index (χ0) is 104. The fourth-order valence-electron chi connectivity index (χ4n) is 15.2. The van der Waals surface area contributed by atoms with Crippen molar-refractivity contribution in [2.75, 3.05) is 63.9 Å². The number of carboxylic acids is 1. The third kappa shape index (κ3) is 43.2. The highest BCUT2D eigenvalue weighted by molar-refractivity contribution is 8.76. The van der Waals surface area contributed by atoms with Crippen LogP contribution in [0.5, 0.6) is 11.5 Å². The van der Waals surface area contributed by atoms with E-state index in [2.05, 4.69) is 95.7 Å². The van der Waals surface area contributed by atoms with E-state index >= 15 is 57.5 Å². The Bertz CT molecular complexity index is 5010. The van der Waals surface area contributed by atoms with Crippen molar-refractivity contribution in [1.82, 2.24) is 101 Å². The molecular formula is C89H135N31O20S2. The molecule has 2 heterocycles. The lowest BCUT2D eigenvalue weighted by Crippen LogP contribution is -2.61. The summed E-state index contributed by atoms with van der Waals surface area (Å²) in [6.07, 6.45) is -3.58. The highest BCUT2D eigenvalue weighted by Gasteiger charge is 2.43. The van der Waals surface area contributed by atoms with Gasteiger partial charge in [-0.3, -0.25) is 93.6 Å². The summed E-state index contributed by atoms with van der Waals surface area (Å²) in [5.74, 6) is -19.3. The lowest BCUT2D eigenvalue weighted by Gasteiger charge is -2.31. The van der Waals surface area contributed by atoms with Gasteiger partial charge < -0.3 is 162 Å². The zero-order valence-electron chi connectivity index (χ0n) is 78.7. The number of phenolic OH excluding ortho intramolecular Hbond substituents is 2. The molecule has 0 radical (unpaired) electrons. The number of guanidine groups is 4. The van der Waals surface area contributed by atoms with Gasteiger partial charge in [0.1, 0.15) is 90.0 Å². The zero-order valence-corrected chi connectivity index (χ0v) is 80.3. The molecule has 0 aromatic heterocycles. The predicted octanol–water partition coefficient (Wildman–Crippen LogP) is -5.70. The molecule has 0 bridgehead atoms.